The number of hydrogen-bond donors (Lipinski definition) is 4. The minimum absolute atomic E-state index is 0.0496. The quantitative estimate of drug-likeness (QED) is 0.386. The number of alkyl carbamates (subject to hydrolysis) is 1. The average Bonchev–Trinajstić information content (AvgIpc) is 2.72. The first-order valence-electron chi connectivity index (χ1n) is 8.80. The largest absolute Gasteiger partial charge is 0.445 e. The molecule has 0 heterocycles. The Morgan fingerprint density at radius 3 is 2.14 bits per heavy atom. The third-order valence-electron chi connectivity index (χ3n) is 3.89. The molecule has 0 aliphatic carbocycles. The van der Waals surface area contributed by atoms with Crippen LogP contribution in [0.5, 0.6) is 0 Å². The summed E-state index contributed by atoms with van der Waals surface area (Å²) < 4.78 is 5.06. The van der Waals surface area contributed by atoms with E-state index < -0.39 is 18.0 Å². The summed E-state index contributed by atoms with van der Waals surface area (Å²) in [5, 5.41) is 13.9. The van der Waals surface area contributed by atoms with Crippen molar-refractivity contribution in [1.82, 2.24) is 16.1 Å². The number of carbonyl (C=O) groups is 3. The van der Waals surface area contributed by atoms with E-state index in [-0.39, 0.29) is 31.9 Å². The summed E-state index contributed by atoms with van der Waals surface area (Å²) >= 11 is 0. The minimum atomic E-state index is -1.05. The average molecular weight is 385 g/mol. The molecule has 3 amide bonds. The fourth-order valence-electron chi connectivity index (χ4n) is 2.45. The lowest BCUT2D eigenvalue weighted by atomic mass is 10.1. The van der Waals surface area contributed by atoms with E-state index in [0.717, 1.165) is 11.1 Å². The van der Waals surface area contributed by atoms with Crippen molar-refractivity contribution in [1.29, 1.82) is 0 Å². The van der Waals surface area contributed by atoms with Crippen LogP contribution < -0.4 is 16.1 Å². The Morgan fingerprint density at radius 2 is 1.54 bits per heavy atom. The predicted octanol–water partition coefficient (Wildman–Crippen LogP) is 1.54. The highest BCUT2D eigenvalue weighted by Crippen LogP contribution is 2.02. The van der Waals surface area contributed by atoms with Gasteiger partial charge in [-0.3, -0.25) is 14.8 Å². The molecule has 2 rings (SSSR count). The lowest BCUT2D eigenvalue weighted by Crippen LogP contribution is -2.47. The number of nitrogens with one attached hydrogen (secondary N) is 3. The molecule has 148 valence electrons. The zero-order valence-corrected chi connectivity index (χ0v) is 15.3. The van der Waals surface area contributed by atoms with Gasteiger partial charge >= 0.3 is 6.09 Å². The number of hydrogen-bond acceptors (Lipinski definition) is 5. The second-order valence-electron chi connectivity index (χ2n) is 6.04. The van der Waals surface area contributed by atoms with Gasteiger partial charge in [0, 0.05) is 6.54 Å². The topological polar surface area (TPSA) is 117 Å². The molecule has 0 saturated heterocycles. The zero-order valence-electron chi connectivity index (χ0n) is 15.3. The fraction of sp³-hybridized carbons (Fsp3) is 0.250. The van der Waals surface area contributed by atoms with Gasteiger partial charge in [-0.1, -0.05) is 60.7 Å². The van der Waals surface area contributed by atoms with Crippen LogP contribution in [0, 0.1) is 0 Å². The SMILES string of the molecule is O=C(Cc1ccccc1)NCC[C@H](NC(=O)OCc1ccccc1)C(=O)NO. The van der Waals surface area contributed by atoms with E-state index in [9.17, 15) is 14.4 Å². The van der Waals surface area contributed by atoms with Crippen LogP contribution in [0.2, 0.25) is 0 Å². The number of hydroxylamine groups is 1. The Kier molecular flexibility index (Phi) is 8.48. The molecular formula is C20H23N3O5. The second-order valence-corrected chi connectivity index (χ2v) is 6.04. The zero-order chi connectivity index (χ0) is 20.2. The number of benzene rings is 2. The second kappa shape index (κ2) is 11.3. The van der Waals surface area contributed by atoms with Gasteiger partial charge in [0.05, 0.1) is 6.42 Å². The van der Waals surface area contributed by atoms with E-state index in [2.05, 4.69) is 10.6 Å². The summed E-state index contributed by atoms with van der Waals surface area (Å²) in [6, 6.07) is 17.3. The van der Waals surface area contributed by atoms with Gasteiger partial charge in [0.15, 0.2) is 0 Å². The van der Waals surface area contributed by atoms with Gasteiger partial charge in [0.25, 0.3) is 5.91 Å². The molecule has 0 aliphatic rings. The maximum Gasteiger partial charge on any atom is 0.408 e. The Bertz CT molecular complexity index is 768. The van der Waals surface area contributed by atoms with Crippen LogP contribution in [0.4, 0.5) is 4.79 Å². The Hall–Kier alpha value is -3.39. The summed E-state index contributed by atoms with van der Waals surface area (Å²) in [5.41, 5.74) is 3.17. The molecule has 8 heteroatoms. The number of ether oxygens (including phenoxy) is 1. The number of carbonyl (C=O) groups excluding carboxylic acids is 3. The Balaban J connectivity index is 1.76. The molecule has 0 aromatic heterocycles. The predicted molar refractivity (Wildman–Crippen MR) is 101 cm³/mol. The highest BCUT2D eigenvalue weighted by atomic mass is 16.5. The molecule has 2 aromatic carbocycles. The van der Waals surface area contributed by atoms with Gasteiger partial charge in [-0.25, -0.2) is 10.3 Å². The van der Waals surface area contributed by atoms with Crippen molar-refractivity contribution in [2.45, 2.75) is 25.5 Å². The first-order chi connectivity index (χ1) is 13.6. The standard InChI is InChI=1S/C20H23N3O5/c24-18(13-15-7-3-1-4-8-15)21-12-11-17(19(25)23-27)22-20(26)28-14-16-9-5-2-6-10-16/h1-10,17,27H,11-14H2,(H,21,24)(H,22,26)(H,23,25)/t17-/m0/s1. The highest BCUT2D eigenvalue weighted by Gasteiger charge is 2.21. The molecule has 0 fully saturated rings. The van der Waals surface area contributed by atoms with Crippen LogP contribution in [-0.2, 0) is 27.4 Å². The van der Waals surface area contributed by atoms with Crippen molar-refractivity contribution < 1.29 is 24.3 Å². The van der Waals surface area contributed by atoms with Crippen molar-refractivity contribution in [3.63, 3.8) is 0 Å². The van der Waals surface area contributed by atoms with Gasteiger partial charge in [-0.15, -0.1) is 0 Å². The van der Waals surface area contributed by atoms with Crippen molar-refractivity contribution >= 4 is 17.9 Å². The van der Waals surface area contributed by atoms with Gasteiger partial charge in [-0.05, 0) is 17.5 Å². The maximum absolute atomic E-state index is 11.9. The molecule has 8 nitrogen and oxygen atoms in total. The van der Waals surface area contributed by atoms with Crippen LogP contribution >= 0.6 is 0 Å². The van der Waals surface area contributed by atoms with Crippen molar-refractivity contribution in [3.05, 3.63) is 71.8 Å². The number of rotatable bonds is 9. The third kappa shape index (κ3) is 7.46. The molecule has 0 unspecified atom stereocenters. The first-order valence-corrected chi connectivity index (χ1v) is 8.80. The van der Waals surface area contributed by atoms with Gasteiger partial charge in [0.1, 0.15) is 12.6 Å². The van der Waals surface area contributed by atoms with E-state index >= 15 is 0 Å². The van der Waals surface area contributed by atoms with Gasteiger partial charge < -0.3 is 15.4 Å². The lowest BCUT2D eigenvalue weighted by molar-refractivity contribution is -0.131. The van der Waals surface area contributed by atoms with E-state index in [4.69, 9.17) is 9.94 Å². The van der Waals surface area contributed by atoms with Crippen LogP contribution in [0.1, 0.15) is 17.5 Å². The van der Waals surface area contributed by atoms with E-state index in [1.165, 1.54) is 5.48 Å². The Labute approximate surface area is 162 Å². The molecule has 0 spiro atoms. The van der Waals surface area contributed by atoms with Crippen molar-refractivity contribution in [2.75, 3.05) is 6.54 Å². The van der Waals surface area contributed by atoms with Crippen LogP contribution in [0.25, 0.3) is 0 Å². The molecule has 28 heavy (non-hydrogen) atoms. The minimum Gasteiger partial charge on any atom is -0.445 e. The molecule has 1 atom stereocenters. The third-order valence-corrected chi connectivity index (χ3v) is 3.89. The molecule has 0 saturated carbocycles. The van der Waals surface area contributed by atoms with Crippen molar-refractivity contribution in [3.8, 4) is 0 Å². The lowest BCUT2D eigenvalue weighted by Gasteiger charge is -2.17. The molecule has 4 N–H and O–H groups in total. The Morgan fingerprint density at radius 1 is 0.929 bits per heavy atom. The van der Waals surface area contributed by atoms with Gasteiger partial charge in [0.2, 0.25) is 5.91 Å². The summed E-state index contributed by atoms with van der Waals surface area (Å²) in [7, 11) is 0. The van der Waals surface area contributed by atoms with Gasteiger partial charge in [-0.2, -0.15) is 0 Å². The smallest absolute Gasteiger partial charge is 0.408 e. The van der Waals surface area contributed by atoms with Crippen LogP contribution in [0.3, 0.4) is 0 Å². The molecule has 0 radical (unpaired) electrons. The van der Waals surface area contributed by atoms with Crippen molar-refractivity contribution in [2.24, 2.45) is 0 Å². The van der Waals surface area contributed by atoms with E-state index in [1.807, 2.05) is 48.5 Å². The summed E-state index contributed by atoms with van der Waals surface area (Å²) in [6.07, 6.45) is -0.495. The summed E-state index contributed by atoms with van der Waals surface area (Å²) in [4.78, 5) is 35.6. The molecular weight excluding hydrogens is 362 g/mol. The monoisotopic (exact) mass is 385 g/mol. The van der Waals surface area contributed by atoms with Crippen LogP contribution in [-0.4, -0.2) is 35.7 Å². The highest BCUT2D eigenvalue weighted by molar-refractivity contribution is 5.85. The van der Waals surface area contributed by atoms with Crippen LogP contribution in [0.15, 0.2) is 60.7 Å². The van der Waals surface area contributed by atoms with E-state index in [1.54, 1.807) is 12.1 Å². The fourth-order valence-corrected chi connectivity index (χ4v) is 2.45. The molecule has 2 aromatic rings. The molecule has 0 aliphatic heterocycles. The first kappa shape index (κ1) is 20.9. The maximum atomic E-state index is 11.9. The number of amides is 3. The normalized spacial score (nSPS) is 11.2. The summed E-state index contributed by atoms with van der Waals surface area (Å²) in [5.74, 6) is -1.00. The summed E-state index contributed by atoms with van der Waals surface area (Å²) in [6.45, 7) is 0.191. The molecule has 0 bridgehead atoms. The van der Waals surface area contributed by atoms with E-state index in [0.29, 0.717) is 0 Å².